The molecule has 4 aromatic rings. The monoisotopic (exact) mass is 416 g/mol. The van der Waals surface area contributed by atoms with Gasteiger partial charge >= 0.3 is 0 Å². The van der Waals surface area contributed by atoms with Gasteiger partial charge in [0.15, 0.2) is 0 Å². The lowest BCUT2D eigenvalue weighted by Crippen LogP contribution is -2.19. The molecule has 0 aromatic heterocycles. The van der Waals surface area contributed by atoms with Crippen molar-refractivity contribution >= 4 is 11.4 Å². The molecule has 2 unspecified atom stereocenters. The Morgan fingerprint density at radius 3 is 1.03 bits per heavy atom. The molecule has 32 heavy (non-hydrogen) atoms. The number of hydrogen-bond acceptors (Lipinski definition) is 2. The van der Waals surface area contributed by atoms with Crippen molar-refractivity contribution in [2.45, 2.75) is 25.9 Å². The second kappa shape index (κ2) is 10.5. The van der Waals surface area contributed by atoms with Crippen molar-refractivity contribution in [3.8, 4) is 0 Å². The normalized spacial score (nSPS) is 14.1. The Hall–Kier alpha value is -3.78. The van der Waals surface area contributed by atoms with Crippen LogP contribution in [0.15, 0.2) is 131 Å². The quantitative estimate of drug-likeness (QED) is 0.279. The Kier molecular flexibility index (Phi) is 7.04. The van der Waals surface area contributed by atoms with Gasteiger partial charge in [-0.15, -0.1) is 0 Å². The number of hydrogen-bond donors (Lipinski definition) is 0. The molecule has 0 spiro atoms. The van der Waals surface area contributed by atoms with Gasteiger partial charge in [0.1, 0.15) is 0 Å². The van der Waals surface area contributed by atoms with Crippen molar-refractivity contribution < 1.29 is 0 Å². The molecule has 0 aliphatic carbocycles. The van der Waals surface area contributed by atoms with Gasteiger partial charge in [0.2, 0.25) is 0 Å². The van der Waals surface area contributed by atoms with Gasteiger partial charge in [0.05, 0.1) is 23.5 Å². The minimum atomic E-state index is 0.00681. The highest BCUT2D eigenvalue weighted by Gasteiger charge is 2.18. The standard InChI is InChI=1S/C30H28N2/c1-23(25-15-7-3-8-16-25)31-29(27-19-11-5-12-20-27)30(28-21-13-6-14-22-28)32-24(2)26-17-9-4-10-18-26/h3-24H,1-2H3. The van der Waals surface area contributed by atoms with Crippen LogP contribution in [-0.4, -0.2) is 11.4 Å². The summed E-state index contributed by atoms with van der Waals surface area (Å²) in [5.74, 6) is 0. The summed E-state index contributed by atoms with van der Waals surface area (Å²) in [5, 5.41) is 0. The largest absolute Gasteiger partial charge is 0.275 e. The third-order valence-corrected chi connectivity index (χ3v) is 5.53. The van der Waals surface area contributed by atoms with Crippen molar-refractivity contribution in [1.82, 2.24) is 0 Å². The van der Waals surface area contributed by atoms with Gasteiger partial charge < -0.3 is 0 Å². The van der Waals surface area contributed by atoms with Gasteiger partial charge in [-0.2, -0.15) is 0 Å². The summed E-state index contributed by atoms with van der Waals surface area (Å²) in [7, 11) is 0. The third-order valence-electron chi connectivity index (χ3n) is 5.53. The maximum absolute atomic E-state index is 5.23. The summed E-state index contributed by atoms with van der Waals surface area (Å²) in [6.45, 7) is 4.28. The van der Waals surface area contributed by atoms with Gasteiger partial charge in [0.25, 0.3) is 0 Å². The van der Waals surface area contributed by atoms with Crippen molar-refractivity contribution in [3.05, 3.63) is 144 Å². The molecule has 0 bridgehead atoms. The SMILES string of the molecule is CC(N=C(C(=NC(C)c1ccccc1)c1ccccc1)c1ccccc1)c1ccccc1. The van der Waals surface area contributed by atoms with Gasteiger partial charge in [-0.1, -0.05) is 121 Å². The molecule has 0 N–H and O–H groups in total. The predicted molar refractivity (Wildman–Crippen MR) is 136 cm³/mol. The molecule has 4 rings (SSSR count). The van der Waals surface area contributed by atoms with Crippen LogP contribution in [0.4, 0.5) is 0 Å². The zero-order valence-electron chi connectivity index (χ0n) is 18.6. The average molecular weight is 417 g/mol. The lowest BCUT2D eigenvalue weighted by atomic mass is 9.97. The number of rotatable bonds is 7. The zero-order valence-corrected chi connectivity index (χ0v) is 18.6. The van der Waals surface area contributed by atoms with E-state index in [9.17, 15) is 0 Å². The Labute approximate surface area is 191 Å². The summed E-state index contributed by atoms with van der Waals surface area (Å²) in [6.07, 6.45) is 0. The first-order valence-corrected chi connectivity index (χ1v) is 11.1. The van der Waals surface area contributed by atoms with E-state index in [-0.39, 0.29) is 12.1 Å². The molecule has 0 radical (unpaired) electrons. The molecular formula is C30H28N2. The minimum absolute atomic E-state index is 0.00681. The third kappa shape index (κ3) is 5.28. The molecule has 0 saturated carbocycles. The van der Waals surface area contributed by atoms with E-state index in [0.717, 1.165) is 22.6 Å². The van der Waals surface area contributed by atoms with E-state index in [1.54, 1.807) is 0 Å². The van der Waals surface area contributed by atoms with Crippen LogP contribution in [0.1, 0.15) is 48.2 Å². The molecule has 0 aliphatic heterocycles. The Morgan fingerprint density at radius 1 is 0.438 bits per heavy atom. The van der Waals surface area contributed by atoms with Gasteiger partial charge in [-0.3, -0.25) is 9.98 Å². The molecule has 0 saturated heterocycles. The topological polar surface area (TPSA) is 24.7 Å². The van der Waals surface area contributed by atoms with Crippen molar-refractivity contribution in [2.24, 2.45) is 9.98 Å². The lowest BCUT2D eigenvalue weighted by molar-refractivity contribution is 0.814. The molecule has 0 amide bonds. The van der Waals surface area contributed by atoms with E-state index in [0.29, 0.717) is 0 Å². The van der Waals surface area contributed by atoms with E-state index in [4.69, 9.17) is 9.98 Å². The fraction of sp³-hybridized carbons (Fsp3) is 0.133. The van der Waals surface area contributed by atoms with Crippen molar-refractivity contribution in [1.29, 1.82) is 0 Å². The second-order valence-corrected chi connectivity index (χ2v) is 7.86. The fourth-order valence-corrected chi connectivity index (χ4v) is 3.74. The van der Waals surface area contributed by atoms with E-state index in [2.05, 4.69) is 111 Å². The predicted octanol–water partition coefficient (Wildman–Crippen LogP) is 7.49. The average Bonchev–Trinajstić information content (AvgIpc) is 2.88. The molecule has 2 atom stereocenters. The summed E-state index contributed by atoms with van der Waals surface area (Å²) in [5.41, 5.74) is 6.33. The summed E-state index contributed by atoms with van der Waals surface area (Å²) >= 11 is 0. The molecular weight excluding hydrogens is 388 g/mol. The molecule has 158 valence electrons. The maximum atomic E-state index is 5.23. The molecule has 0 heterocycles. The number of benzene rings is 4. The molecule has 4 aromatic carbocycles. The number of nitrogens with zero attached hydrogens (tertiary/aromatic N) is 2. The maximum Gasteiger partial charge on any atom is 0.0912 e. The van der Waals surface area contributed by atoms with Gasteiger partial charge in [0, 0.05) is 11.1 Å². The highest BCUT2D eigenvalue weighted by Crippen LogP contribution is 2.23. The van der Waals surface area contributed by atoms with Crippen LogP contribution in [0.5, 0.6) is 0 Å². The first-order valence-electron chi connectivity index (χ1n) is 11.1. The van der Waals surface area contributed by atoms with E-state index in [1.807, 2.05) is 24.3 Å². The van der Waals surface area contributed by atoms with Crippen LogP contribution >= 0.6 is 0 Å². The molecule has 0 aliphatic rings. The van der Waals surface area contributed by atoms with Crippen LogP contribution in [0, 0.1) is 0 Å². The van der Waals surface area contributed by atoms with Crippen molar-refractivity contribution in [2.75, 3.05) is 0 Å². The van der Waals surface area contributed by atoms with Crippen LogP contribution in [0.3, 0.4) is 0 Å². The van der Waals surface area contributed by atoms with E-state index >= 15 is 0 Å². The number of aliphatic imine (C=N–C) groups is 2. The minimum Gasteiger partial charge on any atom is -0.275 e. The zero-order chi connectivity index (χ0) is 22.2. The molecule has 0 fully saturated rings. The second-order valence-electron chi connectivity index (χ2n) is 7.86. The Bertz CT molecular complexity index is 1070. The highest BCUT2D eigenvalue weighted by molar-refractivity contribution is 6.53. The Morgan fingerprint density at radius 2 is 0.719 bits per heavy atom. The van der Waals surface area contributed by atoms with Crippen molar-refractivity contribution in [3.63, 3.8) is 0 Å². The summed E-state index contributed by atoms with van der Waals surface area (Å²) in [6, 6.07) is 41.6. The highest BCUT2D eigenvalue weighted by atomic mass is 14.9. The van der Waals surface area contributed by atoms with Crippen LogP contribution < -0.4 is 0 Å². The van der Waals surface area contributed by atoms with Crippen LogP contribution in [0.25, 0.3) is 0 Å². The van der Waals surface area contributed by atoms with Gasteiger partial charge in [-0.05, 0) is 25.0 Å². The smallest absolute Gasteiger partial charge is 0.0912 e. The molecule has 2 heteroatoms. The van der Waals surface area contributed by atoms with E-state index in [1.165, 1.54) is 11.1 Å². The fourth-order valence-electron chi connectivity index (χ4n) is 3.74. The first-order chi connectivity index (χ1) is 15.7. The first kappa shape index (κ1) is 21.5. The van der Waals surface area contributed by atoms with Crippen LogP contribution in [-0.2, 0) is 0 Å². The summed E-state index contributed by atoms with van der Waals surface area (Å²) < 4.78 is 0. The molecule has 2 nitrogen and oxygen atoms in total. The van der Waals surface area contributed by atoms with Gasteiger partial charge in [-0.25, -0.2) is 0 Å². The van der Waals surface area contributed by atoms with E-state index < -0.39 is 0 Å². The summed E-state index contributed by atoms with van der Waals surface area (Å²) in [4.78, 5) is 10.5. The Balaban J connectivity index is 1.87. The lowest BCUT2D eigenvalue weighted by Gasteiger charge is -2.17. The van der Waals surface area contributed by atoms with Crippen LogP contribution in [0.2, 0.25) is 0 Å².